The highest BCUT2D eigenvalue weighted by atomic mass is 35.5. The maximum atomic E-state index is 12.5. The highest BCUT2D eigenvalue weighted by Crippen LogP contribution is 2.22. The lowest BCUT2D eigenvalue weighted by molar-refractivity contribution is 0.0696. The van der Waals surface area contributed by atoms with Crippen molar-refractivity contribution >= 4 is 29.7 Å². The summed E-state index contributed by atoms with van der Waals surface area (Å²) < 4.78 is 5.77. The van der Waals surface area contributed by atoms with Gasteiger partial charge in [-0.05, 0) is 35.9 Å². The number of nitrogens with one attached hydrogen (secondary N) is 1. The van der Waals surface area contributed by atoms with Gasteiger partial charge in [0.15, 0.2) is 0 Å². The van der Waals surface area contributed by atoms with E-state index in [4.69, 9.17) is 21.4 Å². The summed E-state index contributed by atoms with van der Waals surface area (Å²) in [6, 6.07) is 20.3. The van der Waals surface area contributed by atoms with Crippen LogP contribution in [0.1, 0.15) is 31.8 Å². The van der Waals surface area contributed by atoms with Crippen LogP contribution in [0.2, 0.25) is 5.02 Å². The summed E-state index contributed by atoms with van der Waals surface area (Å²) in [6.45, 7) is 0.225. The van der Waals surface area contributed by atoms with Crippen LogP contribution in [0, 0.1) is 0 Å². The van der Waals surface area contributed by atoms with Crippen molar-refractivity contribution in [2.24, 2.45) is 5.10 Å². The predicted molar refractivity (Wildman–Crippen MR) is 111 cm³/mol. The van der Waals surface area contributed by atoms with Gasteiger partial charge in [0.2, 0.25) is 0 Å². The van der Waals surface area contributed by atoms with Crippen LogP contribution in [0.4, 0.5) is 0 Å². The molecule has 6 nitrogen and oxygen atoms in total. The molecule has 7 heteroatoms. The van der Waals surface area contributed by atoms with Gasteiger partial charge in [0.05, 0.1) is 17.3 Å². The number of hydrazone groups is 1. The first-order valence-electron chi connectivity index (χ1n) is 8.66. The number of carboxylic acid groups (broad SMARTS) is 1. The van der Waals surface area contributed by atoms with Crippen LogP contribution >= 0.6 is 11.6 Å². The Bertz CT molecular complexity index is 1050. The van der Waals surface area contributed by atoms with E-state index >= 15 is 0 Å². The molecule has 146 valence electrons. The number of nitrogens with zero attached hydrogens (tertiary/aromatic N) is 1. The SMILES string of the molecule is O=C(O)c1ccc(/C=N/NC(=O)c2ccccc2OCc2ccccc2Cl)cc1. The van der Waals surface area contributed by atoms with Crippen molar-refractivity contribution in [2.45, 2.75) is 6.61 Å². The van der Waals surface area contributed by atoms with E-state index in [-0.39, 0.29) is 12.2 Å². The van der Waals surface area contributed by atoms with Gasteiger partial charge in [-0.25, -0.2) is 10.2 Å². The Labute approximate surface area is 172 Å². The second-order valence-corrected chi connectivity index (χ2v) is 6.41. The monoisotopic (exact) mass is 408 g/mol. The number of amides is 1. The van der Waals surface area contributed by atoms with Crippen molar-refractivity contribution in [1.82, 2.24) is 5.43 Å². The molecule has 3 aromatic rings. The van der Waals surface area contributed by atoms with E-state index in [2.05, 4.69) is 10.5 Å². The van der Waals surface area contributed by atoms with Gasteiger partial charge in [-0.2, -0.15) is 5.10 Å². The molecule has 0 aromatic heterocycles. The number of para-hydroxylation sites is 1. The first-order valence-corrected chi connectivity index (χ1v) is 9.04. The van der Waals surface area contributed by atoms with Crippen LogP contribution in [-0.4, -0.2) is 23.2 Å². The van der Waals surface area contributed by atoms with Gasteiger partial charge in [0.1, 0.15) is 12.4 Å². The van der Waals surface area contributed by atoms with Gasteiger partial charge < -0.3 is 9.84 Å². The summed E-state index contributed by atoms with van der Waals surface area (Å²) in [7, 11) is 0. The molecule has 0 bridgehead atoms. The second-order valence-electron chi connectivity index (χ2n) is 6.00. The number of hydrogen-bond acceptors (Lipinski definition) is 4. The summed E-state index contributed by atoms with van der Waals surface area (Å²) >= 11 is 6.14. The third-order valence-corrected chi connectivity index (χ3v) is 4.38. The first kappa shape index (κ1) is 20.1. The van der Waals surface area contributed by atoms with E-state index in [1.54, 1.807) is 42.5 Å². The molecule has 0 aliphatic carbocycles. The molecule has 0 aliphatic heterocycles. The minimum Gasteiger partial charge on any atom is -0.488 e. The predicted octanol–water partition coefficient (Wildman–Crippen LogP) is 4.38. The second kappa shape index (κ2) is 9.52. The fourth-order valence-corrected chi connectivity index (χ4v) is 2.68. The molecule has 0 saturated heterocycles. The fraction of sp³-hybridized carbons (Fsp3) is 0.0455. The summed E-state index contributed by atoms with van der Waals surface area (Å²) in [5.74, 6) is -1.03. The number of ether oxygens (including phenoxy) is 1. The molecule has 0 atom stereocenters. The fourth-order valence-electron chi connectivity index (χ4n) is 2.49. The van der Waals surface area contributed by atoms with Gasteiger partial charge >= 0.3 is 5.97 Å². The summed E-state index contributed by atoms with van der Waals surface area (Å²) in [6.07, 6.45) is 1.43. The highest BCUT2D eigenvalue weighted by molar-refractivity contribution is 6.31. The van der Waals surface area contributed by atoms with E-state index in [9.17, 15) is 9.59 Å². The number of halogens is 1. The van der Waals surface area contributed by atoms with Gasteiger partial charge in [0.25, 0.3) is 5.91 Å². The van der Waals surface area contributed by atoms with Crippen LogP contribution in [0.15, 0.2) is 77.9 Å². The molecular weight excluding hydrogens is 392 g/mol. The number of carboxylic acids is 1. The number of carbonyl (C=O) groups is 2. The van der Waals surface area contributed by atoms with Crippen molar-refractivity contribution in [3.63, 3.8) is 0 Å². The van der Waals surface area contributed by atoms with Crippen LogP contribution in [0.3, 0.4) is 0 Å². The van der Waals surface area contributed by atoms with Gasteiger partial charge in [-0.15, -0.1) is 0 Å². The van der Waals surface area contributed by atoms with Crippen LogP contribution < -0.4 is 10.2 Å². The Morgan fingerprint density at radius 1 is 1.00 bits per heavy atom. The zero-order valence-corrected chi connectivity index (χ0v) is 16.0. The number of benzene rings is 3. The van der Waals surface area contributed by atoms with E-state index in [0.29, 0.717) is 21.9 Å². The van der Waals surface area contributed by atoms with E-state index in [0.717, 1.165) is 5.56 Å². The topological polar surface area (TPSA) is 88.0 Å². The van der Waals surface area contributed by atoms with Crippen molar-refractivity contribution in [2.75, 3.05) is 0 Å². The van der Waals surface area contributed by atoms with E-state index in [1.807, 2.05) is 18.2 Å². The maximum Gasteiger partial charge on any atom is 0.335 e. The van der Waals surface area contributed by atoms with Crippen LogP contribution in [0.25, 0.3) is 0 Å². The molecule has 3 rings (SSSR count). The average Bonchev–Trinajstić information content (AvgIpc) is 2.73. The zero-order chi connectivity index (χ0) is 20.6. The number of carbonyl (C=O) groups excluding carboxylic acids is 1. The molecule has 29 heavy (non-hydrogen) atoms. The lowest BCUT2D eigenvalue weighted by Gasteiger charge is -2.11. The Kier molecular flexibility index (Phi) is 6.60. The van der Waals surface area contributed by atoms with Crippen LogP contribution in [0.5, 0.6) is 5.75 Å². The highest BCUT2D eigenvalue weighted by Gasteiger charge is 2.12. The zero-order valence-electron chi connectivity index (χ0n) is 15.2. The Balaban J connectivity index is 1.65. The third kappa shape index (κ3) is 5.43. The molecule has 3 aromatic carbocycles. The lowest BCUT2D eigenvalue weighted by atomic mass is 10.1. The van der Waals surface area contributed by atoms with Crippen LogP contribution in [-0.2, 0) is 6.61 Å². The number of rotatable bonds is 7. The molecule has 0 heterocycles. The lowest BCUT2D eigenvalue weighted by Crippen LogP contribution is -2.18. The number of hydrogen-bond donors (Lipinski definition) is 2. The molecular formula is C22H17ClN2O4. The summed E-state index contributed by atoms with van der Waals surface area (Å²) in [5, 5.41) is 13.4. The van der Waals surface area contributed by atoms with E-state index in [1.165, 1.54) is 18.3 Å². The Hall–Kier alpha value is -3.64. The van der Waals surface area contributed by atoms with E-state index < -0.39 is 11.9 Å². The normalized spacial score (nSPS) is 10.7. The number of aromatic carboxylic acids is 1. The largest absolute Gasteiger partial charge is 0.488 e. The van der Waals surface area contributed by atoms with Crippen molar-refractivity contribution in [3.05, 3.63) is 100 Å². The molecule has 2 N–H and O–H groups in total. The third-order valence-electron chi connectivity index (χ3n) is 4.01. The first-order chi connectivity index (χ1) is 14.0. The maximum absolute atomic E-state index is 12.5. The molecule has 0 aliphatic rings. The molecule has 0 unspecified atom stereocenters. The molecule has 1 amide bonds. The summed E-state index contributed by atoms with van der Waals surface area (Å²) in [4.78, 5) is 23.3. The van der Waals surface area contributed by atoms with Crippen molar-refractivity contribution in [1.29, 1.82) is 0 Å². The standard InChI is InChI=1S/C22H17ClN2O4/c23-19-7-3-1-5-17(19)14-29-20-8-4-2-6-18(20)21(26)25-24-13-15-9-11-16(12-10-15)22(27)28/h1-13H,14H2,(H,25,26)(H,27,28)/b24-13+. The smallest absolute Gasteiger partial charge is 0.335 e. The minimum absolute atomic E-state index is 0.177. The van der Waals surface area contributed by atoms with Gasteiger partial charge in [0, 0.05) is 10.6 Å². The van der Waals surface area contributed by atoms with Gasteiger partial charge in [-0.3, -0.25) is 4.79 Å². The Morgan fingerprint density at radius 3 is 2.41 bits per heavy atom. The minimum atomic E-state index is -1.00. The molecule has 0 saturated carbocycles. The van der Waals surface area contributed by atoms with Crippen molar-refractivity contribution < 1.29 is 19.4 Å². The Morgan fingerprint density at radius 2 is 1.69 bits per heavy atom. The van der Waals surface area contributed by atoms with Gasteiger partial charge in [-0.1, -0.05) is 54.1 Å². The molecule has 0 spiro atoms. The average molecular weight is 409 g/mol. The molecule has 0 radical (unpaired) electrons. The van der Waals surface area contributed by atoms with Crippen molar-refractivity contribution in [3.8, 4) is 5.75 Å². The molecule has 0 fully saturated rings. The quantitative estimate of drug-likeness (QED) is 0.448. The summed E-state index contributed by atoms with van der Waals surface area (Å²) in [5.41, 5.74) is 4.41.